The van der Waals surface area contributed by atoms with Crippen molar-refractivity contribution in [3.63, 3.8) is 0 Å². The van der Waals surface area contributed by atoms with Crippen LogP contribution in [0.1, 0.15) is 20.9 Å². The number of hydrogen-bond acceptors (Lipinski definition) is 2. The Balaban J connectivity index is 2.29. The van der Waals surface area contributed by atoms with Crippen molar-refractivity contribution in [1.82, 2.24) is 0 Å². The minimum absolute atomic E-state index is 0.362. The van der Waals surface area contributed by atoms with Gasteiger partial charge in [-0.3, -0.25) is 0 Å². The zero-order valence-electron chi connectivity index (χ0n) is 23.4. The van der Waals surface area contributed by atoms with Gasteiger partial charge in [0.1, 0.15) is 16.1 Å². The second kappa shape index (κ2) is 11.7. The van der Waals surface area contributed by atoms with E-state index in [1.165, 1.54) is 20.2 Å². The van der Waals surface area contributed by atoms with Crippen LogP contribution in [-0.2, 0) is 0 Å². The summed E-state index contributed by atoms with van der Waals surface area (Å²) < 4.78 is 2.51. The molecule has 0 unspecified atom stereocenters. The van der Waals surface area contributed by atoms with Gasteiger partial charge in [-0.2, -0.15) is 0 Å². The lowest BCUT2D eigenvalue weighted by Crippen LogP contribution is -2.16. The number of rotatable bonds is 2. The fourth-order valence-corrected chi connectivity index (χ4v) is 7.28. The van der Waals surface area contributed by atoms with E-state index in [0.29, 0.717) is 0 Å². The molecule has 2 radical (unpaired) electrons. The standard InChI is InChI=1S/C30H36S2Si4/c1-33(2)17-11-13-23-25-21-30-26(22-29(25)31-27(23)14-12-18-34(3)4)24(15-19-35(5,6)7)28(32-30)16-20-36(8,9)10/h21-22H,17-18H2,1-10H3. The van der Waals surface area contributed by atoms with Crippen LogP contribution in [0.3, 0.4) is 0 Å². The normalized spacial score (nSPS) is 11.4. The molecule has 36 heavy (non-hydrogen) atoms. The number of fused-ring (bicyclic) bond motifs is 2. The predicted molar refractivity (Wildman–Crippen MR) is 176 cm³/mol. The minimum atomic E-state index is -1.52. The summed E-state index contributed by atoms with van der Waals surface area (Å²) in [5.41, 5.74) is 9.41. The Kier molecular flexibility index (Phi) is 9.40. The molecule has 0 saturated carbocycles. The van der Waals surface area contributed by atoms with Gasteiger partial charge in [0.2, 0.25) is 0 Å². The van der Waals surface area contributed by atoms with E-state index in [1.807, 2.05) is 0 Å². The van der Waals surface area contributed by atoms with Gasteiger partial charge >= 0.3 is 0 Å². The fourth-order valence-electron chi connectivity index (χ4n) is 3.22. The van der Waals surface area contributed by atoms with E-state index in [9.17, 15) is 0 Å². The van der Waals surface area contributed by atoms with Crippen molar-refractivity contribution in [2.45, 2.75) is 77.6 Å². The maximum atomic E-state index is 3.60. The lowest BCUT2D eigenvalue weighted by Gasteiger charge is -2.04. The van der Waals surface area contributed by atoms with E-state index in [1.54, 1.807) is 22.7 Å². The van der Waals surface area contributed by atoms with Crippen molar-refractivity contribution in [1.29, 1.82) is 0 Å². The maximum Gasteiger partial charge on any atom is 0.129 e. The molecule has 3 aromatic rings. The topological polar surface area (TPSA) is 0 Å². The summed E-state index contributed by atoms with van der Waals surface area (Å²) in [6.45, 7) is 23.1. The van der Waals surface area contributed by atoms with Crippen molar-refractivity contribution in [3.05, 3.63) is 33.0 Å². The first-order valence-corrected chi connectivity index (χ1v) is 26.4. The molecule has 0 aliphatic rings. The van der Waals surface area contributed by atoms with Gasteiger partial charge in [-0.05, 0) is 12.1 Å². The van der Waals surface area contributed by atoms with Crippen LogP contribution in [0.25, 0.3) is 20.2 Å². The predicted octanol–water partition coefficient (Wildman–Crippen LogP) is 8.79. The average Bonchev–Trinajstić information content (AvgIpc) is 3.24. The van der Waals surface area contributed by atoms with Gasteiger partial charge in [0.15, 0.2) is 0 Å². The molecule has 1 aromatic carbocycles. The van der Waals surface area contributed by atoms with Gasteiger partial charge < -0.3 is 0 Å². The Bertz CT molecular complexity index is 1530. The van der Waals surface area contributed by atoms with Crippen molar-refractivity contribution in [2.75, 3.05) is 0 Å². The second-order valence-electron chi connectivity index (χ2n) is 11.8. The summed E-state index contributed by atoms with van der Waals surface area (Å²) in [7, 11) is -3.74. The molecule has 0 amide bonds. The summed E-state index contributed by atoms with van der Waals surface area (Å²) in [5, 5.41) is 2.47. The largest absolute Gasteiger partial charge is 0.129 e. The smallest absolute Gasteiger partial charge is 0.127 e. The van der Waals surface area contributed by atoms with Gasteiger partial charge in [0.25, 0.3) is 0 Å². The molecule has 0 atom stereocenters. The van der Waals surface area contributed by atoms with E-state index < -0.39 is 16.1 Å². The van der Waals surface area contributed by atoms with Gasteiger partial charge in [-0.25, -0.2) is 0 Å². The molecule has 3 rings (SSSR count). The van der Waals surface area contributed by atoms with Crippen molar-refractivity contribution >= 4 is 76.6 Å². The molecule has 0 fully saturated rings. The Morgan fingerprint density at radius 2 is 1.03 bits per heavy atom. The van der Waals surface area contributed by atoms with Crippen molar-refractivity contribution in [3.8, 4) is 46.6 Å². The van der Waals surface area contributed by atoms with E-state index in [2.05, 4.69) is 124 Å². The number of thiophene rings is 2. The molecule has 0 bridgehead atoms. The van der Waals surface area contributed by atoms with Crippen LogP contribution in [0.2, 0.25) is 77.6 Å². The highest BCUT2D eigenvalue weighted by atomic mass is 32.1. The SMILES string of the molecule is C[Si](C)CC#Cc1sc2cc3c(C#C[Si](C)(C)C)c(C#C[Si](C)(C)C)sc3cc2c1C#CC[Si](C)C. The highest BCUT2D eigenvalue weighted by molar-refractivity contribution is 7.21. The van der Waals surface area contributed by atoms with Crippen LogP contribution >= 0.6 is 22.7 Å². The fraction of sp³-hybridized carbons (Fsp3) is 0.400. The molecule has 184 valence electrons. The van der Waals surface area contributed by atoms with Crippen molar-refractivity contribution in [2.24, 2.45) is 0 Å². The molecule has 0 N–H and O–H groups in total. The zero-order valence-corrected chi connectivity index (χ0v) is 29.0. The first-order chi connectivity index (χ1) is 16.7. The highest BCUT2D eigenvalue weighted by Crippen LogP contribution is 2.39. The monoisotopic (exact) mass is 572 g/mol. The zero-order chi connectivity index (χ0) is 26.7. The summed E-state index contributed by atoms with van der Waals surface area (Å²) in [6.07, 6.45) is 0. The average molecular weight is 573 g/mol. The number of benzene rings is 1. The molecule has 0 aliphatic carbocycles. The van der Waals surface area contributed by atoms with Gasteiger partial charge in [0.05, 0.1) is 38.5 Å². The molecular formula is C30H36S2Si4. The van der Waals surface area contributed by atoms with Crippen molar-refractivity contribution < 1.29 is 0 Å². The van der Waals surface area contributed by atoms with Gasteiger partial charge in [-0.1, -0.05) is 89.2 Å². The Morgan fingerprint density at radius 3 is 1.50 bits per heavy atom. The van der Waals surface area contributed by atoms with Crippen LogP contribution in [0.15, 0.2) is 12.1 Å². The third kappa shape index (κ3) is 8.13. The van der Waals surface area contributed by atoms with E-state index in [0.717, 1.165) is 33.0 Å². The van der Waals surface area contributed by atoms with E-state index >= 15 is 0 Å². The Labute approximate surface area is 232 Å². The molecule has 0 aliphatic heterocycles. The van der Waals surface area contributed by atoms with Crippen LogP contribution < -0.4 is 0 Å². The van der Waals surface area contributed by atoms with Gasteiger partial charge in [0, 0.05) is 32.3 Å². The first kappa shape index (κ1) is 28.8. The molecule has 2 aromatic heterocycles. The van der Waals surface area contributed by atoms with E-state index in [-0.39, 0.29) is 17.6 Å². The summed E-state index contributed by atoms with van der Waals surface area (Å²) in [4.78, 5) is 2.24. The van der Waals surface area contributed by atoms with E-state index in [4.69, 9.17) is 0 Å². The molecule has 0 saturated heterocycles. The molecule has 0 spiro atoms. The third-order valence-electron chi connectivity index (χ3n) is 4.91. The molecule has 2 heterocycles. The minimum Gasteiger partial charge on any atom is -0.127 e. The molecule has 0 nitrogen and oxygen atoms in total. The van der Waals surface area contributed by atoms with Crippen LogP contribution in [0.5, 0.6) is 0 Å². The van der Waals surface area contributed by atoms with Crippen LogP contribution in [0.4, 0.5) is 0 Å². The van der Waals surface area contributed by atoms with Gasteiger partial charge in [-0.15, -0.1) is 45.6 Å². The number of hydrogen-bond donors (Lipinski definition) is 0. The maximum absolute atomic E-state index is 3.60. The van der Waals surface area contributed by atoms with Crippen LogP contribution in [0, 0.1) is 46.6 Å². The summed E-state index contributed by atoms with van der Waals surface area (Å²) in [6, 6.07) is 6.67. The lowest BCUT2D eigenvalue weighted by atomic mass is 10.1. The summed E-state index contributed by atoms with van der Waals surface area (Å²) >= 11 is 3.58. The Morgan fingerprint density at radius 1 is 0.611 bits per heavy atom. The first-order valence-electron chi connectivity index (χ1n) is 12.4. The second-order valence-corrected chi connectivity index (χ2v) is 29.0. The Hall–Kier alpha value is -1.75. The third-order valence-corrected chi connectivity index (χ3v) is 10.6. The molecule has 6 heteroatoms. The molecular weight excluding hydrogens is 537 g/mol. The summed E-state index contributed by atoms with van der Waals surface area (Å²) in [5.74, 6) is 21.1. The quantitative estimate of drug-likeness (QED) is 0.213. The van der Waals surface area contributed by atoms with Crippen LogP contribution in [-0.4, -0.2) is 33.7 Å². The highest BCUT2D eigenvalue weighted by Gasteiger charge is 2.17. The lowest BCUT2D eigenvalue weighted by molar-refractivity contribution is 1.68.